The maximum atomic E-state index is 2.45. The number of fused-ring (bicyclic) bond motifs is 9. The molecular weight excluding hydrogens is 877 g/mol. The van der Waals surface area contributed by atoms with Crippen molar-refractivity contribution in [3.63, 3.8) is 0 Å². The number of aromatic nitrogens is 1. The fourth-order valence-corrected chi connectivity index (χ4v) is 12.1. The number of thiophene rings is 1. The molecule has 0 atom stereocenters. The molecule has 0 aliphatic carbocycles. The molecule has 2 aromatic heterocycles. The third-order valence-electron chi connectivity index (χ3n) is 14.4. The largest absolute Gasteiger partial charge is 0.310 e. The summed E-state index contributed by atoms with van der Waals surface area (Å²) in [5.41, 5.74) is 16.2. The molecule has 0 saturated heterocycles. The second-order valence-corrected chi connectivity index (χ2v) is 19.5. The van der Waals surface area contributed by atoms with Crippen LogP contribution in [0.25, 0.3) is 114 Å². The molecule has 0 aliphatic heterocycles. The van der Waals surface area contributed by atoms with E-state index in [-0.39, 0.29) is 0 Å². The van der Waals surface area contributed by atoms with Crippen molar-refractivity contribution in [2.75, 3.05) is 4.90 Å². The Bertz CT molecular complexity index is 4280. The van der Waals surface area contributed by atoms with E-state index in [9.17, 15) is 0 Å². The van der Waals surface area contributed by atoms with Crippen molar-refractivity contribution in [2.45, 2.75) is 0 Å². The zero-order chi connectivity index (χ0) is 46.8. The molecular formula is C68H44N2S. The minimum absolute atomic E-state index is 1.07. The minimum Gasteiger partial charge on any atom is -0.310 e. The van der Waals surface area contributed by atoms with Gasteiger partial charge in [-0.1, -0.05) is 188 Å². The second kappa shape index (κ2) is 16.9. The normalized spacial score (nSPS) is 11.7. The van der Waals surface area contributed by atoms with Crippen molar-refractivity contribution in [1.29, 1.82) is 0 Å². The van der Waals surface area contributed by atoms with Crippen molar-refractivity contribution in [2.24, 2.45) is 0 Å². The number of hydrogen-bond donors (Lipinski definition) is 0. The van der Waals surface area contributed by atoms with Gasteiger partial charge < -0.3 is 9.47 Å². The standard InChI is InChI=1S/C68H44N2S/c1-2-15-47(16-3-1)56-39-33-51(62-43-50-17-4-5-20-55(50)57-21-6-7-22-58(57)62)44-66(56)69(53-37-31-46(32-38-53)49-34-40-68-63(42-49)61-25-10-13-28-67(61)71-68)52-35-29-45(30-36-52)48-18-14-19-54(41-48)70-64-26-11-8-23-59(64)60-24-9-12-27-65(60)70/h1-44H. The Morgan fingerprint density at radius 3 is 1.54 bits per heavy atom. The van der Waals surface area contributed by atoms with Crippen LogP contribution in [0.15, 0.2) is 267 Å². The SMILES string of the molecule is c1ccc(-c2ccc(-c3cc4ccccc4c4ccccc34)cc2N(c2ccc(-c3cccc(-n4c5ccccc5c5ccccc54)c3)cc2)c2ccc(-c3ccc4sc5ccccc5c4c3)cc2)cc1. The molecule has 332 valence electrons. The molecule has 0 spiro atoms. The lowest BCUT2D eigenvalue weighted by molar-refractivity contribution is 1.18. The topological polar surface area (TPSA) is 8.17 Å². The zero-order valence-electron chi connectivity index (χ0n) is 38.7. The first-order valence-corrected chi connectivity index (χ1v) is 25.1. The van der Waals surface area contributed by atoms with Gasteiger partial charge in [0.1, 0.15) is 0 Å². The molecule has 2 nitrogen and oxygen atoms in total. The van der Waals surface area contributed by atoms with Crippen LogP contribution in [0.5, 0.6) is 0 Å². The van der Waals surface area contributed by atoms with E-state index >= 15 is 0 Å². The summed E-state index contributed by atoms with van der Waals surface area (Å²) in [5.74, 6) is 0. The van der Waals surface area contributed by atoms with E-state index in [1.165, 1.54) is 80.2 Å². The summed E-state index contributed by atoms with van der Waals surface area (Å²) >= 11 is 1.86. The molecule has 0 aliphatic rings. The summed E-state index contributed by atoms with van der Waals surface area (Å²) in [6.07, 6.45) is 0. The lowest BCUT2D eigenvalue weighted by atomic mass is 9.91. The third-order valence-corrected chi connectivity index (χ3v) is 15.5. The molecule has 3 heteroatoms. The molecule has 0 saturated carbocycles. The molecule has 12 aromatic carbocycles. The summed E-state index contributed by atoms with van der Waals surface area (Å²) in [7, 11) is 0. The average molecular weight is 921 g/mol. The minimum atomic E-state index is 1.07. The first kappa shape index (κ1) is 41.0. The molecule has 2 heterocycles. The predicted octanol–water partition coefficient (Wildman–Crippen LogP) is 19.6. The zero-order valence-corrected chi connectivity index (χ0v) is 39.5. The lowest BCUT2D eigenvalue weighted by Crippen LogP contribution is -2.11. The number of para-hydroxylation sites is 2. The maximum absolute atomic E-state index is 2.45. The van der Waals surface area contributed by atoms with Crippen LogP contribution in [-0.4, -0.2) is 4.57 Å². The quantitative estimate of drug-likeness (QED) is 0.138. The Morgan fingerprint density at radius 2 is 0.817 bits per heavy atom. The van der Waals surface area contributed by atoms with Gasteiger partial charge in [0.05, 0.1) is 16.7 Å². The number of benzene rings is 12. The van der Waals surface area contributed by atoms with Crippen molar-refractivity contribution in [3.05, 3.63) is 267 Å². The van der Waals surface area contributed by atoms with Gasteiger partial charge in [-0.15, -0.1) is 11.3 Å². The van der Waals surface area contributed by atoms with Crippen LogP contribution in [0.2, 0.25) is 0 Å². The van der Waals surface area contributed by atoms with Crippen LogP contribution >= 0.6 is 11.3 Å². The molecule has 14 aromatic rings. The van der Waals surface area contributed by atoms with E-state index in [0.29, 0.717) is 0 Å². The van der Waals surface area contributed by atoms with Gasteiger partial charge >= 0.3 is 0 Å². The molecule has 0 radical (unpaired) electrons. The Morgan fingerprint density at radius 1 is 0.282 bits per heavy atom. The molecule has 71 heavy (non-hydrogen) atoms. The fraction of sp³-hybridized carbons (Fsp3) is 0. The van der Waals surface area contributed by atoms with E-state index in [2.05, 4.69) is 276 Å². The van der Waals surface area contributed by atoms with Crippen molar-refractivity contribution in [3.8, 4) is 50.2 Å². The second-order valence-electron chi connectivity index (χ2n) is 18.4. The van der Waals surface area contributed by atoms with E-state index in [0.717, 1.165) is 50.6 Å². The smallest absolute Gasteiger partial charge is 0.0546 e. The first-order chi connectivity index (χ1) is 35.2. The van der Waals surface area contributed by atoms with Gasteiger partial charge in [-0.05, 0) is 139 Å². The fourth-order valence-electron chi connectivity index (χ4n) is 11.0. The Kier molecular flexibility index (Phi) is 9.75. The van der Waals surface area contributed by atoms with Crippen molar-refractivity contribution >= 4 is 91.9 Å². The van der Waals surface area contributed by atoms with Gasteiger partial charge in [-0.2, -0.15) is 0 Å². The average Bonchev–Trinajstić information content (AvgIpc) is 3.99. The monoisotopic (exact) mass is 920 g/mol. The van der Waals surface area contributed by atoms with Crippen LogP contribution in [0.4, 0.5) is 17.1 Å². The number of rotatable bonds is 8. The van der Waals surface area contributed by atoms with Gasteiger partial charge in [0.2, 0.25) is 0 Å². The Hall–Kier alpha value is -9.02. The number of anilines is 3. The first-order valence-electron chi connectivity index (χ1n) is 24.3. The Balaban J connectivity index is 0.932. The summed E-state index contributed by atoms with van der Waals surface area (Å²) in [6.45, 7) is 0. The van der Waals surface area contributed by atoms with Gasteiger partial charge in [0.15, 0.2) is 0 Å². The van der Waals surface area contributed by atoms with Crippen molar-refractivity contribution < 1.29 is 0 Å². The molecule has 0 N–H and O–H groups in total. The van der Waals surface area contributed by atoms with Crippen LogP contribution in [-0.2, 0) is 0 Å². The van der Waals surface area contributed by atoms with E-state index in [1.807, 2.05) is 11.3 Å². The molecule has 0 unspecified atom stereocenters. The van der Waals surface area contributed by atoms with E-state index in [4.69, 9.17) is 0 Å². The Labute approximate surface area is 416 Å². The highest BCUT2D eigenvalue weighted by Crippen LogP contribution is 2.46. The predicted molar refractivity (Wildman–Crippen MR) is 305 cm³/mol. The van der Waals surface area contributed by atoms with Crippen LogP contribution in [0, 0.1) is 0 Å². The summed E-state index contributed by atoms with van der Waals surface area (Å²) in [5, 5.41) is 10.1. The molecule has 0 amide bonds. The highest BCUT2D eigenvalue weighted by Gasteiger charge is 2.21. The molecule has 0 fully saturated rings. The molecule has 14 rings (SSSR count). The van der Waals surface area contributed by atoms with Gasteiger partial charge in [0.25, 0.3) is 0 Å². The van der Waals surface area contributed by atoms with Gasteiger partial charge in [-0.3, -0.25) is 0 Å². The van der Waals surface area contributed by atoms with Crippen molar-refractivity contribution in [1.82, 2.24) is 4.57 Å². The number of hydrogen-bond acceptors (Lipinski definition) is 2. The maximum Gasteiger partial charge on any atom is 0.0546 e. The summed E-state index contributed by atoms with van der Waals surface area (Å²) in [6, 6.07) is 98.2. The highest BCUT2D eigenvalue weighted by atomic mass is 32.1. The summed E-state index contributed by atoms with van der Waals surface area (Å²) < 4.78 is 5.03. The van der Waals surface area contributed by atoms with Gasteiger partial charge in [0, 0.05) is 53.6 Å². The van der Waals surface area contributed by atoms with E-state index in [1.54, 1.807) is 0 Å². The van der Waals surface area contributed by atoms with Gasteiger partial charge in [-0.25, -0.2) is 0 Å². The summed E-state index contributed by atoms with van der Waals surface area (Å²) in [4.78, 5) is 2.45. The molecule has 0 bridgehead atoms. The number of nitrogens with zero attached hydrogens (tertiary/aromatic N) is 2. The lowest BCUT2D eigenvalue weighted by Gasteiger charge is -2.29. The highest BCUT2D eigenvalue weighted by molar-refractivity contribution is 7.25. The van der Waals surface area contributed by atoms with Crippen LogP contribution in [0.1, 0.15) is 0 Å². The van der Waals surface area contributed by atoms with Crippen LogP contribution < -0.4 is 4.90 Å². The van der Waals surface area contributed by atoms with E-state index < -0.39 is 0 Å². The van der Waals surface area contributed by atoms with Crippen LogP contribution in [0.3, 0.4) is 0 Å². The third kappa shape index (κ3) is 7.01.